The van der Waals surface area contributed by atoms with Crippen LogP contribution >= 0.6 is 11.6 Å². The summed E-state index contributed by atoms with van der Waals surface area (Å²) >= 11 is 6.04. The van der Waals surface area contributed by atoms with E-state index in [9.17, 15) is 9.59 Å². The maximum atomic E-state index is 13.2. The van der Waals surface area contributed by atoms with Gasteiger partial charge in [0, 0.05) is 22.2 Å². The van der Waals surface area contributed by atoms with Crippen molar-refractivity contribution in [3.63, 3.8) is 0 Å². The lowest BCUT2D eigenvalue weighted by molar-refractivity contribution is 0.101. The average Bonchev–Trinajstić information content (AvgIpc) is 3.20. The lowest BCUT2D eigenvalue weighted by Crippen LogP contribution is -2.29. The van der Waals surface area contributed by atoms with Gasteiger partial charge in [-0.15, -0.1) is 0 Å². The zero-order valence-electron chi connectivity index (χ0n) is 16.7. The molecule has 154 valence electrons. The molecule has 0 saturated carbocycles. The van der Waals surface area contributed by atoms with E-state index in [1.165, 1.54) is 6.92 Å². The van der Waals surface area contributed by atoms with Gasteiger partial charge in [0.2, 0.25) is 0 Å². The quantitative estimate of drug-likeness (QED) is 0.595. The number of ketones is 1. The number of carbonyl (C=O) groups excluding carboxylic acids is 2. The Morgan fingerprint density at radius 1 is 1.13 bits per heavy atom. The monoisotopic (exact) mass is 422 g/mol. The van der Waals surface area contributed by atoms with Crippen molar-refractivity contribution in [3.8, 4) is 5.69 Å². The molecule has 1 amide bonds. The van der Waals surface area contributed by atoms with E-state index in [-0.39, 0.29) is 17.6 Å². The standard InChI is InChI=1S/C23H23ClN4O2/c1-15(29)17-3-2-4-19(13-17)27-23(30)21-14-26-28(20-7-5-18(24)6-8-20)22(21)16-9-11-25-12-10-16/h2-8,13-14,16,25H,9-12H2,1H3,(H,27,30). The molecule has 6 nitrogen and oxygen atoms in total. The highest BCUT2D eigenvalue weighted by Crippen LogP contribution is 2.31. The molecule has 7 heteroatoms. The molecule has 0 unspecified atom stereocenters. The lowest BCUT2D eigenvalue weighted by Gasteiger charge is -2.24. The summed E-state index contributed by atoms with van der Waals surface area (Å²) in [7, 11) is 0. The maximum Gasteiger partial charge on any atom is 0.259 e. The Morgan fingerprint density at radius 2 is 1.87 bits per heavy atom. The van der Waals surface area contributed by atoms with Crippen LogP contribution in [-0.4, -0.2) is 34.6 Å². The summed E-state index contributed by atoms with van der Waals surface area (Å²) in [5.41, 5.74) is 3.46. The van der Waals surface area contributed by atoms with Crippen LogP contribution in [0.3, 0.4) is 0 Å². The van der Waals surface area contributed by atoms with Gasteiger partial charge in [-0.2, -0.15) is 5.10 Å². The van der Waals surface area contributed by atoms with Gasteiger partial charge in [0.15, 0.2) is 5.78 Å². The van der Waals surface area contributed by atoms with E-state index < -0.39 is 0 Å². The fourth-order valence-corrected chi connectivity index (χ4v) is 3.95. The van der Waals surface area contributed by atoms with Crippen LogP contribution in [0.25, 0.3) is 5.69 Å². The molecule has 0 atom stereocenters. The van der Waals surface area contributed by atoms with E-state index in [0.29, 0.717) is 21.8 Å². The van der Waals surface area contributed by atoms with Gasteiger partial charge in [-0.3, -0.25) is 9.59 Å². The van der Waals surface area contributed by atoms with Crippen molar-refractivity contribution in [1.29, 1.82) is 0 Å². The molecule has 4 rings (SSSR count). The molecule has 2 N–H and O–H groups in total. The zero-order chi connectivity index (χ0) is 21.1. The first-order valence-corrected chi connectivity index (χ1v) is 10.4. The fraction of sp³-hybridized carbons (Fsp3) is 0.261. The predicted molar refractivity (Wildman–Crippen MR) is 118 cm³/mol. The second-order valence-corrected chi connectivity index (χ2v) is 7.88. The topological polar surface area (TPSA) is 76.0 Å². The van der Waals surface area contributed by atoms with Crippen LogP contribution in [0, 0.1) is 0 Å². The van der Waals surface area contributed by atoms with Gasteiger partial charge in [-0.1, -0.05) is 23.7 Å². The number of halogens is 1. The average molecular weight is 423 g/mol. The minimum atomic E-state index is -0.232. The fourth-order valence-electron chi connectivity index (χ4n) is 3.82. The Kier molecular flexibility index (Phi) is 5.97. The first kappa shape index (κ1) is 20.3. The SMILES string of the molecule is CC(=O)c1cccc(NC(=O)c2cnn(-c3ccc(Cl)cc3)c2C2CCNCC2)c1. The summed E-state index contributed by atoms with van der Waals surface area (Å²) < 4.78 is 1.84. The molecule has 1 fully saturated rings. The molecule has 1 aliphatic rings. The third-order valence-corrected chi connectivity index (χ3v) is 5.63. The highest BCUT2D eigenvalue weighted by atomic mass is 35.5. The summed E-state index contributed by atoms with van der Waals surface area (Å²) in [5.74, 6) is -0.0600. The minimum Gasteiger partial charge on any atom is -0.322 e. The van der Waals surface area contributed by atoms with Crippen molar-refractivity contribution in [2.45, 2.75) is 25.7 Å². The third-order valence-electron chi connectivity index (χ3n) is 5.38. The van der Waals surface area contributed by atoms with Gasteiger partial charge in [-0.25, -0.2) is 4.68 Å². The van der Waals surface area contributed by atoms with Gasteiger partial charge in [0.1, 0.15) is 0 Å². The highest BCUT2D eigenvalue weighted by molar-refractivity contribution is 6.30. The molecule has 0 radical (unpaired) electrons. The van der Waals surface area contributed by atoms with Crippen molar-refractivity contribution in [1.82, 2.24) is 15.1 Å². The van der Waals surface area contributed by atoms with Crippen molar-refractivity contribution in [3.05, 3.63) is 76.6 Å². The van der Waals surface area contributed by atoms with E-state index in [2.05, 4.69) is 15.7 Å². The zero-order valence-corrected chi connectivity index (χ0v) is 17.4. The summed E-state index contributed by atoms with van der Waals surface area (Å²) in [5, 5.41) is 11.5. The molecular formula is C23H23ClN4O2. The number of anilines is 1. The number of carbonyl (C=O) groups is 2. The lowest BCUT2D eigenvalue weighted by atomic mass is 9.91. The molecule has 0 bridgehead atoms. The molecule has 1 aromatic heterocycles. The maximum absolute atomic E-state index is 13.2. The summed E-state index contributed by atoms with van der Waals surface area (Å²) in [4.78, 5) is 24.8. The molecule has 1 saturated heterocycles. The number of benzene rings is 2. The summed E-state index contributed by atoms with van der Waals surface area (Å²) in [6.45, 7) is 3.31. The van der Waals surface area contributed by atoms with Crippen molar-refractivity contribution < 1.29 is 9.59 Å². The third kappa shape index (κ3) is 4.30. The number of piperidine rings is 1. The van der Waals surface area contributed by atoms with E-state index in [0.717, 1.165) is 37.3 Å². The van der Waals surface area contributed by atoms with Crippen LogP contribution in [0.4, 0.5) is 5.69 Å². The molecule has 2 heterocycles. The van der Waals surface area contributed by atoms with E-state index in [4.69, 9.17) is 11.6 Å². The second kappa shape index (κ2) is 8.81. The van der Waals surface area contributed by atoms with Crippen LogP contribution < -0.4 is 10.6 Å². The Hall–Kier alpha value is -2.96. The number of rotatable bonds is 5. The second-order valence-electron chi connectivity index (χ2n) is 7.45. The van der Waals surface area contributed by atoms with Crippen molar-refractivity contribution >= 4 is 29.0 Å². The first-order valence-electron chi connectivity index (χ1n) is 10.00. The molecule has 3 aromatic rings. The number of nitrogens with one attached hydrogen (secondary N) is 2. The summed E-state index contributed by atoms with van der Waals surface area (Å²) in [6, 6.07) is 14.4. The molecular weight excluding hydrogens is 400 g/mol. The Morgan fingerprint density at radius 3 is 2.57 bits per heavy atom. The first-order chi connectivity index (χ1) is 14.5. The van der Waals surface area contributed by atoms with Gasteiger partial charge in [-0.05, 0) is 69.3 Å². The Labute approximate surface area is 180 Å². The predicted octanol–water partition coefficient (Wildman–Crippen LogP) is 4.45. The highest BCUT2D eigenvalue weighted by Gasteiger charge is 2.27. The van der Waals surface area contributed by atoms with Crippen molar-refractivity contribution in [2.24, 2.45) is 0 Å². The molecule has 30 heavy (non-hydrogen) atoms. The van der Waals surface area contributed by atoms with Crippen molar-refractivity contribution in [2.75, 3.05) is 18.4 Å². The van der Waals surface area contributed by atoms with E-state index in [1.807, 2.05) is 28.9 Å². The molecule has 0 spiro atoms. The van der Waals surface area contributed by atoms with E-state index >= 15 is 0 Å². The number of amides is 1. The normalized spacial score (nSPS) is 14.5. The number of aromatic nitrogens is 2. The Bertz CT molecular complexity index is 1070. The van der Waals surface area contributed by atoms with Gasteiger partial charge < -0.3 is 10.6 Å². The number of nitrogens with zero attached hydrogens (tertiary/aromatic N) is 2. The smallest absolute Gasteiger partial charge is 0.259 e. The number of Topliss-reactive ketones (excluding diaryl/α,β-unsaturated/α-hetero) is 1. The van der Waals surface area contributed by atoms with Crippen LogP contribution in [0.5, 0.6) is 0 Å². The molecule has 1 aliphatic heterocycles. The van der Waals surface area contributed by atoms with Crippen LogP contribution in [0.15, 0.2) is 54.7 Å². The number of hydrogen-bond acceptors (Lipinski definition) is 4. The van der Waals surface area contributed by atoms with Crippen LogP contribution in [0.2, 0.25) is 5.02 Å². The van der Waals surface area contributed by atoms with Crippen LogP contribution in [-0.2, 0) is 0 Å². The molecule has 0 aliphatic carbocycles. The van der Waals surface area contributed by atoms with Gasteiger partial charge in [0.25, 0.3) is 5.91 Å². The summed E-state index contributed by atoms with van der Waals surface area (Å²) in [6.07, 6.45) is 3.48. The van der Waals surface area contributed by atoms with E-state index in [1.54, 1.807) is 30.5 Å². The Balaban J connectivity index is 1.70. The molecule has 2 aromatic carbocycles. The van der Waals surface area contributed by atoms with Gasteiger partial charge >= 0.3 is 0 Å². The van der Waals surface area contributed by atoms with Gasteiger partial charge in [0.05, 0.1) is 23.1 Å². The largest absolute Gasteiger partial charge is 0.322 e. The van der Waals surface area contributed by atoms with Crippen LogP contribution in [0.1, 0.15) is 52.1 Å². The number of hydrogen-bond donors (Lipinski definition) is 2. The minimum absolute atomic E-state index is 0.0444.